The van der Waals surface area contributed by atoms with Gasteiger partial charge in [-0.2, -0.15) is 0 Å². The van der Waals surface area contributed by atoms with Gasteiger partial charge in [0.15, 0.2) is 0 Å². The molecule has 20 heavy (non-hydrogen) atoms. The zero-order valence-electron chi connectivity index (χ0n) is 13.1. The Labute approximate surface area is 122 Å². The molecule has 0 aliphatic carbocycles. The normalized spacial score (nSPS) is 10.7. The molecule has 0 spiro atoms. The van der Waals surface area contributed by atoms with Crippen molar-refractivity contribution >= 4 is 11.7 Å². The lowest BCUT2D eigenvalue weighted by atomic mass is 10.1. The van der Waals surface area contributed by atoms with Crippen LogP contribution in [0, 0.1) is 5.92 Å². The second kappa shape index (κ2) is 8.56. The molecule has 1 aromatic rings. The molecule has 0 unspecified atom stereocenters. The fourth-order valence-corrected chi connectivity index (χ4v) is 1.99. The Hall–Kier alpha value is -1.58. The summed E-state index contributed by atoms with van der Waals surface area (Å²) in [5, 5.41) is 6.15. The molecule has 0 saturated carbocycles. The van der Waals surface area contributed by atoms with Crippen molar-refractivity contribution in [3.8, 4) is 0 Å². The van der Waals surface area contributed by atoms with Crippen LogP contribution in [0.1, 0.15) is 56.6 Å². The quantitative estimate of drug-likeness (QED) is 0.717. The third kappa shape index (κ3) is 5.59. The van der Waals surface area contributed by atoms with Crippen LogP contribution in [0.4, 0.5) is 5.82 Å². The number of nitrogens with zero attached hydrogens (tertiary/aromatic N) is 1. The van der Waals surface area contributed by atoms with E-state index in [1.165, 1.54) is 0 Å². The first-order valence-electron chi connectivity index (χ1n) is 7.59. The molecule has 0 aliphatic heterocycles. The van der Waals surface area contributed by atoms with Crippen LogP contribution in [0.3, 0.4) is 0 Å². The maximum atomic E-state index is 12.1. The van der Waals surface area contributed by atoms with E-state index < -0.39 is 0 Å². The number of hydrogen-bond acceptors (Lipinski definition) is 3. The van der Waals surface area contributed by atoms with E-state index in [4.69, 9.17) is 0 Å². The van der Waals surface area contributed by atoms with E-state index in [2.05, 4.69) is 29.5 Å². The molecule has 0 aliphatic rings. The van der Waals surface area contributed by atoms with Crippen molar-refractivity contribution < 1.29 is 4.79 Å². The van der Waals surface area contributed by atoms with Gasteiger partial charge in [-0.05, 0) is 44.2 Å². The van der Waals surface area contributed by atoms with Gasteiger partial charge in [0, 0.05) is 24.3 Å². The SMILES string of the molecule is CCNc1cc(C(=O)NCCCC(C)C)cc(CC)n1. The maximum Gasteiger partial charge on any atom is 0.251 e. The van der Waals surface area contributed by atoms with E-state index in [0.717, 1.165) is 43.9 Å². The average Bonchev–Trinajstić information content (AvgIpc) is 2.43. The molecule has 1 rings (SSSR count). The van der Waals surface area contributed by atoms with Crippen molar-refractivity contribution in [3.05, 3.63) is 23.4 Å². The summed E-state index contributed by atoms with van der Waals surface area (Å²) in [5.41, 5.74) is 1.63. The topological polar surface area (TPSA) is 54.0 Å². The molecular weight excluding hydrogens is 250 g/mol. The van der Waals surface area contributed by atoms with Gasteiger partial charge in [-0.1, -0.05) is 20.8 Å². The lowest BCUT2D eigenvalue weighted by Crippen LogP contribution is -2.25. The second-order valence-corrected chi connectivity index (χ2v) is 5.41. The average molecular weight is 277 g/mol. The number of carbonyl (C=O) groups is 1. The molecule has 0 fully saturated rings. The van der Waals surface area contributed by atoms with Gasteiger partial charge in [-0.25, -0.2) is 4.98 Å². The van der Waals surface area contributed by atoms with Crippen LogP contribution in [-0.4, -0.2) is 24.0 Å². The highest BCUT2D eigenvalue weighted by Gasteiger charge is 2.09. The molecule has 0 bridgehead atoms. The highest BCUT2D eigenvalue weighted by molar-refractivity contribution is 5.95. The maximum absolute atomic E-state index is 12.1. The number of hydrogen-bond donors (Lipinski definition) is 2. The van der Waals surface area contributed by atoms with Gasteiger partial charge in [0.2, 0.25) is 0 Å². The summed E-state index contributed by atoms with van der Waals surface area (Å²) in [6.07, 6.45) is 2.99. The van der Waals surface area contributed by atoms with Gasteiger partial charge in [0.1, 0.15) is 5.82 Å². The summed E-state index contributed by atoms with van der Waals surface area (Å²) in [5.74, 6) is 1.45. The number of pyridine rings is 1. The molecule has 0 aromatic carbocycles. The molecule has 0 saturated heterocycles. The molecule has 2 N–H and O–H groups in total. The molecule has 1 heterocycles. The van der Waals surface area contributed by atoms with E-state index in [9.17, 15) is 4.79 Å². The standard InChI is InChI=1S/C16H27N3O/c1-5-14-10-13(11-15(19-14)17-6-2)16(20)18-9-7-8-12(3)4/h10-12H,5-9H2,1-4H3,(H,17,19)(H,18,20). The largest absolute Gasteiger partial charge is 0.370 e. The van der Waals surface area contributed by atoms with Crippen LogP contribution in [0.2, 0.25) is 0 Å². The summed E-state index contributed by atoms with van der Waals surface area (Å²) in [7, 11) is 0. The number of carbonyl (C=O) groups excluding carboxylic acids is 1. The van der Waals surface area contributed by atoms with Gasteiger partial charge in [-0.3, -0.25) is 4.79 Å². The first kappa shape index (κ1) is 16.5. The van der Waals surface area contributed by atoms with Crippen LogP contribution >= 0.6 is 0 Å². The van der Waals surface area contributed by atoms with E-state index >= 15 is 0 Å². The predicted octanol–water partition coefficient (Wildman–Crippen LogP) is 3.24. The Balaban J connectivity index is 2.64. The zero-order valence-corrected chi connectivity index (χ0v) is 13.1. The molecule has 4 nitrogen and oxygen atoms in total. The van der Waals surface area contributed by atoms with Gasteiger partial charge >= 0.3 is 0 Å². The summed E-state index contributed by atoms with van der Waals surface area (Å²) >= 11 is 0. The molecule has 1 amide bonds. The monoisotopic (exact) mass is 277 g/mol. The fourth-order valence-electron chi connectivity index (χ4n) is 1.99. The minimum atomic E-state index is -0.00925. The summed E-state index contributed by atoms with van der Waals surface area (Å²) < 4.78 is 0. The predicted molar refractivity (Wildman–Crippen MR) is 84.2 cm³/mol. The number of aryl methyl sites for hydroxylation is 1. The van der Waals surface area contributed by atoms with Gasteiger partial charge in [-0.15, -0.1) is 0 Å². The number of aromatic nitrogens is 1. The Morgan fingerprint density at radius 1 is 1.30 bits per heavy atom. The molecule has 112 valence electrons. The Kier molecular flexibility index (Phi) is 7.05. The first-order valence-corrected chi connectivity index (χ1v) is 7.59. The van der Waals surface area contributed by atoms with Gasteiger partial charge in [0.25, 0.3) is 5.91 Å². The van der Waals surface area contributed by atoms with Crippen LogP contribution in [0.15, 0.2) is 12.1 Å². The smallest absolute Gasteiger partial charge is 0.251 e. The molecule has 1 aromatic heterocycles. The van der Waals surface area contributed by atoms with Crippen molar-refractivity contribution in [1.82, 2.24) is 10.3 Å². The summed E-state index contributed by atoms with van der Waals surface area (Å²) in [6, 6.07) is 3.69. The first-order chi connectivity index (χ1) is 9.56. The highest BCUT2D eigenvalue weighted by atomic mass is 16.1. The van der Waals surface area contributed by atoms with Crippen LogP contribution in [0.25, 0.3) is 0 Å². The number of rotatable bonds is 8. The number of anilines is 1. The third-order valence-corrected chi connectivity index (χ3v) is 3.10. The number of amides is 1. The van der Waals surface area contributed by atoms with Crippen LogP contribution < -0.4 is 10.6 Å². The molecule has 0 atom stereocenters. The van der Waals surface area contributed by atoms with E-state index in [0.29, 0.717) is 11.5 Å². The second-order valence-electron chi connectivity index (χ2n) is 5.41. The highest BCUT2D eigenvalue weighted by Crippen LogP contribution is 2.11. The third-order valence-electron chi connectivity index (χ3n) is 3.10. The van der Waals surface area contributed by atoms with Crippen LogP contribution in [0.5, 0.6) is 0 Å². The molecule has 0 radical (unpaired) electrons. The fraction of sp³-hybridized carbons (Fsp3) is 0.625. The van der Waals surface area contributed by atoms with E-state index in [1.807, 2.05) is 26.0 Å². The Morgan fingerprint density at radius 2 is 2.05 bits per heavy atom. The summed E-state index contributed by atoms with van der Waals surface area (Å²) in [4.78, 5) is 16.6. The molecule has 4 heteroatoms. The van der Waals surface area contributed by atoms with Crippen molar-refractivity contribution in [1.29, 1.82) is 0 Å². The number of nitrogens with one attached hydrogen (secondary N) is 2. The lowest BCUT2D eigenvalue weighted by molar-refractivity contribution is 0.0952. The lowest BCUT2D eigenvalue weighted by Gasteiger charge is -2.10. The summed E-state index contributed by atoms with van der Waals surface area (Å²) in [6.45, 7) is 9.99. The van der Waals surface area contributed by atoms with E-state index in [1.54, 1.807) is 0 Å². The van der Waals surface area contributed by atoms with Gasteiger partial charge < -0.3 is 10.6 Å². The van der Waals surface area contributed by atoms with Crippen molar-refractivity contribution in [2.24, 2.45) is 5.92 Å². The Bertz CT molecular complexity index is 430. The molecular formula is C16H27N3O. The van der Waals surface area contributed by atoms with Crippen molar-refractivity contribution in [3.63, 3.8) is 0 Å². The van der Waals surface area contributed by atoms with Crippen LogP contribution in [-0.2, 0) is 6.42 Å². The van der Waals surface area contributed by atoms with Gasteiger partial charge in [0.05, 0.1) is 0 Å². The van der Waals surface area contributed by atoms with Crippen molar-refractivity contribution in [2.75, 3.05) is 18.4 Å². The zero-order chi connectivity index (χ0) is 15.0. The van der Waals surface area contributed by atoms with E-state index in [-0.39, 0.29) is 5.91 Å². The minimum absolute atomic E-state index is 0.00925. The Morgan fingerprint density at radius 3 is 2.65 bits per heavy atom. The minimum Gasteiger partial charge on any atom is -0.370 e. The van der Waals surface area contributed by atoms with Crippen molar-refractivity contribution in [2.45, 2.75) is 47.0 Å².